The maximum Gasteiger partial charge on any atom is 0.252 e. The fraction of sp³-hybridized carbons (Fsp3) is 0. The molecule has 2 aliphatic heterocycles. The van der Waals surface area contributed by atoms with Crippen molar-refractivity contribution in [2.75, 3.05) is 9.80 Å². The van der Waals surface area contributed by atoms with E-state index in [2.05, 4.69) is 47.4 Å². The molecule has 0 amide bonds. The fourth-order valence-electron chi connectivity index (χ4n) is 8.99. The highest BCUT2D eigenvalue weighted by atomic mass is 19.1. The molecule has 0 saturated carbocycles. The van der Waals surface area contributed by atoms with Crippen LogP contribution >= 0.6 is 0 Å². The fourth-order valence-corrected chi connectivity index (χ4v) is 8.99. The summed E-state index contributed by atoms with van der Waals surface area (Å²) in [5.41, 5.74) is 10.5. The number of rotatable bonds is 4. The van der Waals surface area contributed by atoms with E-state index in [1.54, 1.807) is 17.0 Å². The molecule has 3 nitrogen and oxygen atoms in total. The average molecular weight is 734 g/mol. The van der Waals surface area contributed by atoms with Gasteiger partial charge in [-0.2, -0.15) is 0 Å². The summed E-state index contributed by atoms with van der Waals surface area (Å²) in [5, 5.41) is 1.09. The Bertz CT molecular complexity index is 2990. The zero-order valence-corrected chi connectivity index (χ0v) is 29.6. The molecule has 0 fully saturated rings. The molecular formula is C48H28BF4N3. The lowest BCUT2D eigenvalue weighted by molar-refractivity contribution is 0.586. The van der Waals surface area contributed by atoms with E-state index in [9.17, 15) is 8.78 Å². The maximum absolute atomic E-state index is 16.2. The zero-order chi connectivity index (χ0) is 37.7. The van der Waals surface area contributed by atoms with Gasteiger partial charge in [0.1, 0.15) is 29.0 Å². The highest BCUT2D eigenvalue weighted by molar-refractivity contribution is 7.00. The van der Waals surface area contributed by atoms with Gasteiger partial charge in [0.05, 0.1) is 22.4 Å². The molecule has 0 atom stereocenters. The van der Waals surface area contributed by atoms with E-state index in [1.165, 1.54) is 42.5 Å². The van der Waals surface area contributed by atoms with E-state index < -0.39 is 23.3 Å². The van der Waals surface area contributed by atoms with Crippen molar-refractivity contribution in [3.63, 3.8) is 0 Å². The minimum absolute atomic E-state index is 0.195. The van der Waals surface area contributed by atoms with Crippen molar-refractivity contribution in [1.29, 1.82) is 0 Å². The van der Waals surface area contributed by atoms with Gasteiger partial charge in [-0.1, -0.05) is 91.0 Å². The van der Waals surface area contributed by atoms with Crippen LogP contribution in [-0.4, -0.2) is 11.3 Å². The topological polar surface area (TPSA) is 11.4 Å². The second kappa shape index (κ2) is 12.2. The smallest absolute Gasteiger partial charge is 0.252 e. The first-order valence-electron chi connectivity index (χ1n) is 18.4. The second-order valence-corrected chi connectivity index (χ2v) is 14.2. The summed E-state index contributed by atoms with van der Waals surface area (Å²) in [6, 6.07) is 51.5. The van der Waals surface area contributed by atoms with Gasteiger partial charge in [-0.25, -0.2) is 17.6 Å². The van der Waals surface area contributed by atoms with Crippen molar-refractivity contribution in [1.82, 2.24) is 4.57 Å². The second-order valence-electron chi connectivity index (χ2n) is 14.2. The van der Waals surface area contributed by atoms with Crippen LogP contribution in [0.3, 0.4) is 0 Å². The van der Waals surface area contributed by atoms with Crippen LogP contribution in [0.4, 0.5) is 51.7 Å². The van der Waals surface area contributed by atoms with Crippen LogP contribution in [0.1, 0.15) is 0 Å². The number of fused-ring (bicyclic) bond motifs is 7. The summed E-state index contributed by atoms with van der Waals surface area (Å²) in [4.78, 5) is 3.94. The van der Waals surface area contributed by atoms with Crippen molar-refractivity contribution in [2.24, 2.45) is 0 Å². The standard InChI is InChI=1S/C48H28BF4N3/c50-30-21-23-41-34(25-30)35-26-31(51)22-24-42(35)54(41)32-27-45-47-46(28-32)56(48-38(52)16-10-17-39(48)53)44-20-9-6-15-37(44)49(47)36-14-5-8-19-43(36)55(45)40-18-7-4-13-33(40)29-11-2-1-3-12-29/h1-28H. The molecule has 0 aliphatic carbocycles. The van der Waals surface area contributed by atoms with Crippen molar-refractivity contribution in [2.45, 2.75) is 0 Å². The number of hydrogen-bond donors (Lipinski definition) is 0. The largest absolute Gasteiger partial charge is 0.311 e. The van der Waals surface area contributed by atoms with Crippen LogP contribution < -0.4 is 26.2 Å². The molecule has 8 heteroatoms. The van der Waals surface area contributed by atoms with Crippen LogP contribution in [0.2, 0.25) is 0 Å². The van der Waals surface area contributed by atoms with Gasteiger partial charge in [-0.05, 0) is 101 Å². The van der Waals surface area contributed by atoms with Gasteiger partial charge in [0, 0.05) is 39.1 Å². The maximum atomic E-state index is 16.2. The van der Waals surface area contributed by atoms with Crippen molar-refractivity contribution >= 4 is 79.0 Å². The molecule has 0 spiro atoms. The summed E-state index contributed by atoms with van der Waals surface area (Å²) in [6.07, 6.45) is 0. The number of para-hydroxylation sites is 4. The minimum atomic E-state index is -0.706. The molecule has 0 bridgehead atoms. The van der Waals surface area contributed by atoms with Crippen molar-refractivity contribution < 1.29 is 17.6 Å². The van der Waals surface area contributed by atoms with E-state index >= 15 is 8.78 Å². The molecule has 8 aromatic carbocycles. The van der Waals surface area contributed by atoms with Gasteiger partial charge in [-0.3, -0.25) is 0 Å². The highest BCUT2D eigenvalue weighted by Gasteiger charge is 2.44. The predicted molar refractivity (Wildman–Crippen MR) is 220 cm³/mol. The Balaban J connectivity index is 1.31. The van der Waals surface area contributed by atoms with E-state index in [-0.39, 0.29) is 12.4 Å². The van der Waals surface area contributed by atoms with Gasteiger partial charge in [-0.15, -0.1) is 0 Å². The average Bonchev–Trinajstić information content (AvgIpc) is 3.54. The molecule has 1 aromatic heterocycles. The van der Waals surface area contributed by atoms with Gasteiger partial charge in [0.25, 0.3) is 6.71 Å². The minimum Gasteiger partial charge on any atom is -0.311 e. The lowest BCUT2D eigenvalue weighted by atomic mass is 9.33. The molecule has 0 N–H and O–H groups in total. The summed E-state index contributed by atoms with van der Waals surface area (Å²) in [7, 11) is 0. The van der Waals surface area contributed by atoms with Gasteiger partial charge in [0.15, 0.2) is 0 Å². The molecule has 2 aliphatic rings. The normalized spacial score (nSPS) is 12.9. The summed E-state index contributed by atoms with van der Waals surface area (Å²) < 4.78 is 64.2. The highest BCUT2D eigenvalue weighted by Crippen LogP contribution is 2.48. The number of nitrogens with zero attached hydrogens (tertiary/aromatic N) is 3. The molecule has 266 valence electrons. The summed E-state index contributed by atoms with van der Waals surface area (Å²) in [6.45, 7) is -0.297. The summed E-state index contributed by atoms with van der Waals surface area (Å²) >= 11 is 0. The van der Waals surface area contributed by atoms with E-state index in [1.807, 2.05) is 77.4 Å². The molecule has 11 rings (SSSR count). The molecule has 3 heterocycles. The predicted octanol–water partition coefficient (Wildman–Crippen LogP) is 11.1. The summed E-state index contributed by atoms with van der Waals surface area (Å²) in [5.74, 6) is -2.30. The van der Waals surface area contributed by atoms with E-state index in [0.29, 0.717) is 38.9 Å². The first-order chi connectivity index (χ1) is 27.5. The lowest BCUT2D eigenvalue weighted by Crippen LogP contribution is -2.61. The number of hydrogen-bond acceptors (Lipinski definition) is 2. The first kappa shape index (κ1) is 32.4. The Morgan fingerprint density at radius 1 is 0.411 bits per heavy atom. The molecule has 9 aromatic rings. The Morgan fingerprint density at radius 3 is 1.55 bits per heavy atom. The number of benzene rings is 8. The van der Waals surface area contributed by atoms with E-state index in [4.69, 9.17) is 0 Å². The van der Waals surface area contributed by atoms with Crippen molar-refractivity contribution in [3.8, 4) is 16.8 Å². The third-order valence-corrected chi connectivity index (χ3v) is 11.2. The van der Waals surface area contributed by atoms with Crippen LogP contribution in [0.25, 0.3) is 38.6 Å². The van der Waals surface area contributed by atoms with Gasteiger partial charge >= 0.3 is 0 Å². The number of anilines is 6. The molecule has 0 saturated heterocycles. The quantitative estimate of drug-likeness (QED) is 0.132. The van der Waals surface area contributed by atoms with Crippen molar-refractivity contribution in [3.05, 3.63) is 193 Å². The Hall–Kier alpha value is -7.06. The van der Waals surface area contributed by atoms with Gasteiger partial charge in [0.2, 0.25) is 0 Å². The SMILES string of the molecule is Fc1ccc2c(c1)c1cc(F)ccc1n2-c1cc2c3c(c1)N(c1c(F)cccc1F)c1ccccc1B3c1ccccc1N2c1ccccc1-c1ccccc1. The van der Waals surface area contributed by atoms with E-state index in [0.717, 1.165) is 44.6 Å². The third-order valence-electron chi connectivity index (χ3n) is 11.2. The zero-order valence-electron chi connectivity index (χ0n) is 29.6. The van der Waals surface area contributed by atoms with Crippen LogP contribution in [0, 0.1) is 23.3 Å². The van der Waals surface area contributed by atoms with Crippen LogP contribution in [-0.2, 0) is 0 Å². The number of halogens is 4. The number of aromatic nitrogens is 1. The first-order valence-corrected chi connectivity index (χ1v) is 18.4. The Kier molecular flexibility index (Phi) is 7.07. The van der Waals surface area contributed by atoms with Gasteiger partial charge < -0.3 is 14.4 Å². The lowest BCUT2D eigenvalue weighted by Gasteiger charge is -2.44. The van der Waals surface area contributed by atoms with Crippen LogP contribution in [0.5, 0.6) is 0 Å². The third kappa shape index (κ3) is 4.65. The Labute approximate surface area is 320 Å². The Morgan fingerprint density at radius 2 is 0.929 bits per heavy atom. The molecule has 56 heavy (non-hydrogen) atoms. The monoisotopic (exact) mass is 733 g/mol. The van der Waals surface area contributed by atoms with Crippen LogP contribution in [0.15, 0.2) is 170 Å². The molecule has 0 radical (unpaired) electrons. The molecular weight excluding hydrogens is 705 g/mol. The molecule has 0 unspecified atom stereocenters.